The van der Waals surface area contributed by atoms with Crippen LogP contribution in [-0.4, -0.2) is 50.9 Å². The Balaban J connectivity index is 1.62. The van der Waals surface area contributed by atoms with Crippen LogP contribution in [0.1, 0.15) is 21.7 Å². The van der Waals surface area contributed by atoms with Crippen LogP contribution in [0.2, 0.25) is 0 Å². The molecule has 4 rings (SSSR count). The maximum Gasteiger partial charge on any atom is 0.321 e. The highest BCUT2D eigenvalue weighted by Crippen LogP contribution is 2.24. The first-order chi connectivity index (χ1) is 15.3. The van der Waals surface area contributed by atoms with Gasteiger partial charge in [-0.15, -0.1) is 5.10 Å². The number of carbonyl (C=O) groups is 2. The third-order valence-electron chi connectivity index (χ3n) is 5.14. The quantitative estimate of drug-likeness (QED) is 0.514. The smallest absolute Gasteiger partial charge is 0.321 e. The van der Waals surface area contributed by atoms with Gasteiger partial charge in [0.05, 0.1) is 11.4 Å². The van der Waals surface area contributed by atoms with Crippen LogP contribution in [0.4, 0.5) is 16.2 Å². The molecule has 0 spiro atoms. The average Bonchev–Trinajstić information content (AvgIpc) is 3.16. The summed E-state index contributed by atoms with van der Waals surface area (Å²) in [5.74, 6) is -0.380. The highest BCUT2D eigenvalue weighted by molar-refractivity contribution is 6.04. The van der Waals surface area contributed by atoms with E-state index in [9.17, 15) is 9.59 Å². The maximum absolute atomic E-state index is 13.0. The number of fused-ring (bicyclic) bond motifs is 1. The zero-order valence-corrected chi connectivity index (χ0v) is 18.2. The van der Waals surface area contributed by atoms with Crippen LogP contribution in [0.5, 0.6) is 0 Å². The van der Waals surface area contributed by atoms with Gasteiger partial charge in [-0.1, -0.05) is 23.4 Å². The molecule has 0 saturated heterocycles. The Morgan fingerprint density at radius 1 is 1.03 bits per heavy atom. The van der Waals surface area contributed by atoms with Crippen LogP contribution < -0.4 is 10.6 Å². The molecule has 0 bridgehead atoms. The van der Waals surface area contributed by atoms with Crippen molar-refractivity contribution in [2.75, 3.05) is 24.7 Å². The van der Waals surface area contributed by atoms with Crippen molar-refractivity contribution in [2.24, 2.45) is 0 Å². The Morgan fingerprint density at radius 2 is 1.84 bits per heavy atom. The Hall–Kier alpha value is -4.27. The lowest BCUT2D eigenvalue weighted by atomic mass is 10.1. The molecule has 3 amide bonds. The van der Waals surface area contributed by atoms with Gasteiger partial charge in [-0.2, -0.15) is 0 Å². The number of nitrogens with zero attached hydrogens (tertiary/aromatic N) is 5. The molecule has 0 fully saturated rings. The number of nitrogens with one attached hydrogen (secondary N) is 2. The minimum absolute atomic E-state index is 0.221. The van der Waals surface area contributed by atoms with Crippen molar-refractivity contribution in [3.8, 4) is 5.69 Å². The van der Waals surface area contributed by atoms with Gasteiger partial charge in [0.2, 0.25) is 0 Å². The van der Waals surface area contributed by atoms with Gasteiger partial charge in [0, 0.05) is 48.6 Å². The molecule has 9 heteroatoms. The van der Waals surface area contributed by atoms with Crippen LogP contribution in [-0.2, 0) is 0 Å². The second kappa shape index (κ2) is 8.46. The van der Waals surface area contributed by atoms with Crippen molar-refractivity contribution >= 4 is 34.1 Å². The molecule has 0 unspecified atom stereocenters. The van der Waals surface area contributed by atoms with E-state index in [0.717, 1.165) is 22.0 Å². The lowest BCUT2D eigenvalue weighted by Crippen LogP contribution is -2.27. The summed E-state index contributed by atoms with van der Waals surface area (Å²) in [6.45, 7) is 3.68. The van der Waals surface area contributed by atoms with Crippen LogP contribution in [0.3, 0.4) is 0 Å². The molecular weight excluding hydrogens is 406 g/mol. The molecule has 32 heavy (non-hydrogen) atoms. The number of hydrogen-bond acceptors (Lipinski definition) is 5. The fraction of sp³-hybridized carbons (Fsp3) is 0.174. The number of pyridine rings is 1. The molecule has 0 aliphatic rings. The van der Waals surface area contributed by atoms with Crippen molar-refractivity contribution in [2.45, 2.75) is 13.8 Å². The minimum atomic E-state index is -0.380. The molecule has 2 heterocycles. The molecule has 0 radical (unpaired) electrons. The average molecular weight is 429 g/mol. The second-order valence-corrected chi connectivity index (χ2v) is 7.62. The number of urea groups is 1. The molecule has 0 saturated carbocycles. The number of benzene rings is 2. The number of anilines is 2. The van der Waals surface area contributed by atoms with Crippen molar-refractivity contribution in [1.82, 2.24) is 24.9 Å². The number of rotatable bonds is 4. The van der Waals surface area contributed by atoms with E-state index in [4.69, 9.17) is 0 Å². The summed E-state index contributed by atoms with van der Waals surface area (Å²) in [4.78, 5) is 30.5. The number of amides is 3. The SMILES string of the molecule is Cc1ccc(NC(=O)N(C)C)cc1NC(=O)c1nnn(-c2cccc3cnccc23)c1C. The number of carbonyl (C=O) groups excluding carboxylic acids is 2. The number of hydrogen-bond donors (Lipinski definition) is 2. The summed E-state index contributed by atoms with van der Waals surface area (Å²) < 4.78 is 1.65. The van der Waals surface area contributed by atoms with Crippen molar-refractivity contribution in [1.29, 1.82) is 0 Å². The first-order valence-electron chi connectivity index (χ1n) is 10.0. The van der Waals surface area contributed by atoms with E-state index in [1.165, 1.54) is 4.90 Å². The predicted molar refractivity (Wildman–Crippen MR) is 123 cm³/mol. The molecule has 0 atom stereocenters. The van der Waals surface area contributed by atoms with Crippen molar-refractivity contribution in [3.05, 3.63) is 71.8 Å². The molecule has 4 aromatic rings. The third kappa shape index (κ3) is 4.00. The summed E-state index contributed by atoms with van der Waals surface area (Å²) in [6.07, 6.45) is 3.50. The molecule has 0 aliphatic heterocycles. The van der Waals surface area contributed by atoms with Gasteiger partial charge in [0.1, 0.15) is 0 Å². The summed E-state index contributed by atoms with van der Waals surface area (Å²) in [5, 5.41) is 15.9. The molecular formula is C23H23N7O2. The van der Waals surface area contributed by atoms with E-state index in [-0.39, 0.29) is 17.6 Å². The van der Waals surface area contributed by atoms with E-state index >= 15 is 0 Å². The van der Waals surface area contributed by atoms with Gasteiger partial charge < -0.3 is 15.5 Å². The maximum atomic E-state index is 13.0. The van der Waals surface area contributed by atoms with Gasteiger partial charge in [-0.25, -0.2) is 9.48 Å². The fourth-order valence-corrected chi connectivity index (χ4v) is 3.31. The van der Waals surface area contributed by atoms with E-state index in [2.05, 4.69) is 25.9 Å². The summed E-state index contributed by atoms with van der Waals surface area (Å²) in [6, 6.07) is 12.8. The standard InChI is InChI=1S/C23H23N7O2/c1-14-8-9-17(25-23(32)29(3)4)12-19(14)26-22(31)21-15(2)30(28-27-21)20-7-5-6-16-13-24-11-10-18(16)20/h5-13H,1-4H3,(H,25,32)(H,26,31). The molecule has 2 N–H and O–H groups in total. The highest BCUT2D eigenvalue weighted by atomic mass is 16.2. The second-order valence-electron chi connectivity index (χ2n) is 7.62. The van der Waals surface area contributed by atoms with Crippen molar-refractivity contribution < 1.29 is 9.59 Å². The minimum Gasteiger partial charge on any atom is -0.331 e. The fourth-order valence-electron chi connectivity index (χ4n) is 3.31. The van der Waals surface area contributed by atoms with Crippen LogP contribution in [0, 0.1) is 13.8 Å². The van der Waals surface area contributed by atoms with E-state index < -0.39 is 0 Å². The zero-order valence-electron chi connectivity index (χ0n) is 18.2. The summed E-state index contributed by atoms with van der Waals surface area (Å²) in [7, 11) is 3.32. The Labute approximate surface area is 185 Å². The van der Waals surface area contributed by atoms with Gasteiger partial charge in [0.25, 0.3) is 5.91 Å². The summed E-state index contributed by atoms with van der Waals surface area (Å²) in [5.41, 5.74) is 3.66. The van der Waals surface area contributed by atoms with E-state index in [1.54, 1.807) is 50.2 Å². The van der Waals surface area contributed by atoms with Crippen molar-refractivity contribution in [3.63, 3.8) is 0 Å². The predicted octanol–water partition coefficient (Wildman–Crippen LogP) is 3.78. The van der Waals surface area contributed by atoms with Gasteiger partial charge in [-0.05, 0) is 43.7 Å². The lowest BCUT2D eigenvalue weighted by molar-refractivity contribution is 0.102. The van der Waals surface area contributed by atoms with Crippen LogP contribution in [0.25, 0.3) is 16.5 Å². The highest BCUT2D eigenvalue weighted by Gasteiger charge is 2.19. The molecule has 0 aliphatic carbocycles. The van der Waals surface area contributed by atoms with Crippen LogP contribution in [0.15, 0.2) is 54.9 Å². The van der Waals surface area contributed by atoms with Crippen LogP contribution >= 0.6 is 0 Å². The monoisotopic (exact) mass is 429 g/mol. The lowest BCUT2D eigenvalue weighted by Gasteiger charge is -2.14. The van der Waals surface area contributed by atoms with Gasteiger partial charge >= 0.3 is 6.03 Å². The first-order valence-corrected chi connectivity index (χ1v) is 10.0. The molecule has 162 valence electrons. The summed E-state index contributed by atoms with van der Waals surface area (Å²) >= 11 is 0. The molecule has 2 aromatic carbocycles. The third-order valence-corrected chi connectivity index (χ3v) is 5.14. The Morgan fingerprint density at radius 3 is 2.62 bits per heavy atom. The zero-order chi connectivity index (χ0) is 22.8. The number of aryl methyl sites for hydroxylation is 1. The Bertz CT molecular complexity index is 1320. The largest absolute Gasteiger partial charge is 0.331 e. The normalized spacial score (nSPS) is 10.8. The topological polar surface area (TPSA) is 105 Å². The van der Waals surface area contributed by atoms with E-state index in [0.29, 0.717) is 17.1 Å². The molecule has 9 nitrogen and oxygen atoms in total. The van der Waals surface area contributed by atoms with E-state index in [1.807, 2.05) is 37.3 Å². The van der Waals surface area contributed by atoms with Gasteiger partial charge in [-0.3, -0.25) is 9.78 Å². The number of aromatic nitrogens is 4. The van der Waals surface area contributed by atoms with Gasteiger partial charge in [0.15, 0.2) is 5.69 Å². The molecule has 2 aromatic heterocycles. The Kier molecular flexibility index (Phi) is 5.55. The first kappa shape index (κ1) is 21.0.